The average molecular weight is 572 g/mol. The van der Waals surface area contributed by atoms with Crippen LogP contribution in [0.15, 0.2) is 47.7 Å². The van der Waals surface area contributed by atoms with Gasteiger partial charge in [0.1, 0.15) is 0 Å². The zero-order chi connectivity index (χ0) is 29.8. The standard InChI is InChI=1S/C36H65N3O2/c1-7-11-19-36(10-4)20-17-33(18-21-36)32-34(9-3)35(39-27-25-38(26-28-39)29-31-41-6)16-13-12-14-23-37(22-8-2)24-15-30-40-5/h9,12,14,17H,3,7-8,10-11,13,15-16,18-32H2,1-2,4-6H3/b14-12-,35-34-. The van der Waals surface area contributed by atoms with Gasteiger partial charge in [-0.3, -0.25) is 9.80 Å². The van der Waals surface area contributed by atoms with E-state index in [-0.39, 0.29) is 0 Å². The predicted molar refractivity (Wildman–Crippen MR) is 178 cm³/mol. The summed E-state index contributed by atoms with van der Waals surface area (Å²) in [6, 6.07) is 0. The molecule has 0 spiro atoms. The summed E-state index contributed by atoms with van der Waals surface area (Å²) in [5.41, 5.74) is 5.16. The molecule has 5 nitrogen and oxygen atoms in total. The third-order valence-electron chi connectivity index (χ3n) is 9.45. The van der Waals surface area contributed by atoms with Crippen LogP contribution in [-0.4, -0.2) is 94.5 Å². The van der Waals surface area contributed by atoms with Gasteiger partial charge < -0.3 is 14.4 Å². The molecule has 0 radical (unpaired) electrons. The summed E-state index contributed by atoms with van der Waals surface area (Å²) < 4.78 is 10.6. The maximum atomic E-state index is 5.34. The molecule has 2 rings (SSSR count). The molecule has 2 aliphatic rings. The fourth-order valence-corrected chi connectivity index (χ4v) is 6.55. The number of piperazine rings is 1. The van der Waals surface area contributed by atoms with Gasteiger partial charge in [-0.05, 0) is 75.3 Å². The Kier molecular flexibility index (Phi) is 18.6. The molecule has 236 valence electrons. The molecular formula is C36H65N3O2. The lowest BCUT2D eigenvalue weighted by molar-refractivity contribution is 0.109. The van der Waals surface area contributed by atoms with Crippen molar-refractivity contribution in [3.05, 3.63) is 47.7 Å². The van der Waals surface area contributed by atoms with Gasteiger partial charge in [0.25, 0.3) is 0 Å². The number of ether oxygens (including phenoxy) is 2. The molecule has 0 aromatic rings. The van der Waals surface area contributed by atoms with E-state index in [1.165, 1.54) is 62.6 Å². The van der Waals surface area contributed by atoms with E-state index >= 15 is 0 Å². The highest BCUT2D eigenvalue weighted by atomic mass is 16.5. The predicted octanol–water partition coefficient (Wildman–Crippen LogP) is 7.86. The van der Waals surface area contributed by atoms with Gasteiger partial charge in [-0.1, -0.05) is 76.5 Å². The van der Waals surface area contributed by atoms with Crippen molar-refractivity contribution in [2.75, 3.05) is 79.8 Å². The van der Waals surface area contributed by atoms with Gasteiger partial charge in [-0.2, -0.15) is 0 Å². The number of hydrogen-bond donors (Lipinski definition) is 0. The van der Waals surface area contributed by atoms with Crippen molar-refractivity contribution in [3.8, 4) is 0 Å². The SMILES string of the molecule is C=C/C(CC1=CCC(CC)(CCCC)CC1)=C(\CC/C=C\CN(CCC)CCCOC)N1CCN(CCOC)CC1. The molecule has 1 saturated heterocycles. The van der Waals surface area contributed by atoms with Gasteiger partial charge >= 0.3 is 0 Å². The summed E-state index contributed by atoms with van der Waals surface area (Å²) in [5.74, 6) is 0. The first-order valence-corrected chi connectivity index (χ1v) is 16.9. The minimum Gasteiger partial charge on any atom is -0.385 e. The second-order valence-electron chi connectivity index (χ2n) is 12.4. The number of allylic oxidation sites excluding steroid dienone is 6. The molecule has 41 heavy (non-hydrogen) atoms. The summed E-state index contributed by atoms with van der Waals surface area (Å²) >= 11 is 0. The average Bonchev–Trinajstić information content (AvgIpc) is 3.01. The Morgan fingerprint density at radius 3 is 2.39 bits per heavy atom. The Labute approximate surface area is 254 Å². The first-order chi connectivity index (χ1) is 20.0. The molecule has 5 heteroatoms. The minimum absolute atomic E-state index is 0.541. The Morgan fingerprint density at radius 1 is 1.00 bits per heavy atom. The topological polar surface area (TPSA) is 28.2 Å². The van der Waals surface area contributed by atoms with Gasteiger partial charge in [0, 0.05) is 72.3 Å². The Balaban J connectivity index is 2.10. The third-order valence-corrected chi connectivity index (χ3v) is 9.45. The van der Waals surface area contributed by atoms with E-state index in [0.717, 1.165) is 91.3 Å². The summed E-state index contributed by atoms with van der Waals surface area (Å²) in [6.07, 6.45) is 24.4. The maximum Gasteiger partial charge on any atom is 0.0589 e. The van der Waals surface area contributed by atoms with Gasteiger partial charge in [0.15, 0.2) is 0 Å². The van der Waals surface area contributed by atoms with E-state index in [1.807, 2.05) is 0 Å². The molecule has 1 aliphatic carbocycles. The van der Waals surface area contributed by atoms with Crippen LogP contribution in [0.5, 0.6) is 0 Å². The van der Waals surface area contributed by atoms with Crippen molar-refractivity contribution < 1.29 is 9.47 Å². The van der Waals surface area contributed by atoms with Crippen LogP contribution in [0, 0.1) is 5.41 Å². The number of nitrogens with zero attached hydrogens (tertiary/aromatic N) is 3. The van der Waals surface area contributed by atoms with Crippen LogP contribution >= 0.6 is 0 Å². The Bertz CT molecular complexity index is 797. The lowest BCUT2D eigenvalue weighted by Crippen LogP contribution is -2.47. The number of unbranched alkanes of at least 4 members (excludes halogenated alkanes) is 1. The van der Waals surface area contributed by atoms with Gasteiger partial charge in [0.05, 0.1) is 6.61 Å². The monoisotopic (exact) mass is 572 g/mol. The minimum atomic E-state index is 0.541. The van der Waals surface area contributed by atoms with Crippen LogP contribution in [0.1, 0.15) is 97.8 Å². The largest absolute Gasteiger partial charge is 0.385 e. The normalized spacial score (nSPS) is 21.0. The van der Waals surface area contributed by atoms with Crippen LogP contribution in [-0.2, 0) is 9.47 Å². The van der Waals surface area contributed by atoms with Crippen molar-refractivity contribution in [1.82, 2.24) is 14.7 Å². The molecule has 1 atom stereocenters. The first kappa shape index (κ1) is 35.8. The highest BCUT2D eigenvalue weighted by molar-refractivity contribution is 5.31. The molecule has 0 bridgehead atoms. The maximum absolute atomic E-state index is 5.34. The van der Waals surface area contributed by atoms with Crippen molar-refractivity contribution in [2.45, 2.75) is 97.8 Å². The summed E-state index contributed by atoms with van der Waals surface area (Å²) in [6.45, 7) is 21.7. The number of methoxy groups -OCH3 is 2. The summed E-state index contributed by atoms with van der Waals surface area (Å²) in [7, 11) is 3.60. The molecule has 1 heterocycles. The molecule has 0 aromatic heterocycles. The van der Waals surface area contributed by atoms with E-state index in [1.54, 1.807) is 19.8 Å². The van der Waals surface area contributed by atoms with Crippen LogP contribution in [0.4, 0.5) is 0 Å². The van der Waals surface area contributed by atoms with Crippen molar-refractivity contribution in [1.29, 1.82) is 0 Å². The fraction of sp³-hybridized carbons (Fsp3) is 0.778. The highest BCUT2D eigenvalue weighted by Crippen LogP contribution is 2.44. The van der Waals surface area contributed by atoms with Crippen LogP contribution < -0.4 is 0 Å². The summed E-state index contributed by atoms with van der Waals surface area (Å²) in [5, 5.41) is 0. The quantitative estimate of drug-likeness (QED) is 0.0749. The van der Waals surface area contributed by atoms with E-state index in [0.29, 0.717) is 5.41 Å². The van der Waals surface area contributed by atoms with Gasteiger partial charge in [-0.15, -0.1) is 0 Å². The van der Waals surface area contributed by atoms with Crippen LogP contribution in [0.25, 0.3) is 0 Å². The van der Waals surface area contributed by atoms with Crippen molar-refractivity contribution >= 4 is 0 Å². The Morgan fingerprint density at radius 2 is 1.78 bits per heavy atom. The number of hydrogen-bond acceptors (Lipinski definition) is 5. The van der Waals surface area contributed by atoms with Crippen molar-refractivity contribution in [3.63, 3.8) is 0 Å². The first-order valence-electron chi connectivity index (χ1n) is 16.9. The lowest BCUT2D eigenvalue weighted by Gasteiger charge is -2.39. The van der Waals surface area contributed by atoms with E-state index in [9.17, 15) is 0 Å². The van der Waals surface area contributed by atoms with E-state index < -0.39 is 0 Å². The molecule has 1 unspecified atom stereocenters. The van der Waals surface area contributed by atoms with E-state index in [2.05, 4.69) is 66.4 Å². The Hall–Kier alpha value is -1.40. The smallest absolute Gasteiger partial charge is 0.0589 e. The second-order valence-corrected chi connectivity index (χ2v) is 12.4. The number of rotatable bonds is 22. The summed E-state index contributed by atoms with van der Waals surface area (Å²) in [4.78, 5) is 7.76. The van der Waals surface area contributed by atoms with Crippen LogP contribution in [0.2, 0.25) is 0 Å². The molecule has 0 aromatic carbocycles. The molecule has 0 amide bonds. The molecular weight excluding hydrogens is 506 g/mol. The molecule has 0 N–H and O–H groups in total. The highest BCUT2D eigenvalue weighted by Gasteiger charge is 2.30. The zero-order valence-corrected chi connectivity index (χ0v) is 27.7. The third kappa shape index (κ3) is 13.2. The van der Waals surface area contributed by atoms with Gasteiger partial charge in [0.2, 0.25) is 0 Å². The van der Waals surface area contributed by atoms with Crippen molar-refractivity contribution in [2.24, 2.45) is 5.41 Å². The zero-order valence-electron chi connectivity index (χ0n) is 27.7. The van der Waals surface area contributed by atoms with Gasteiger partial charge in [-0.25, -0.2) is 0 Å². The fourth-order valence-electron chi connectivity index (χ4n) is 6.55. The molecule has 1 fully saturated rings. The molecule has 1 aliphatic heterocycles. The van der Waals surface area contributed by atoms with E-state index in [4.69, 9.17) is 9.47 Å². The van der Waals surface area contributed by atoms with Crippen LogP contribution in [0.3, 0.4) is 0 Å². The second kappa shape index (κ2) is 21.3. The molecule has 0 saturated carbocycles. The lowest BCUT2D eigenvalue weighted by atomic mass is 9.69.